The van der Waals surface area contributed by atoms with Crippen LogP contribution in [-0.2, 0) is 38.1 Å². The molecular formula is C46H70O8. The molecule has 0 amide bonds. The van der Waals surface area contributed by atoms with Crippen LogP contribution in [0.5, 0.6) is 0 Å². The van der Waals surface area contributed by atoms with Crippen molar-refractivity contribution in [3.63, 3.8) is 0 Å². The van der Waals surface area contributed by atoms with E-state index in [9.17, 15) is 14.4 Å². The summed E-state index contributed by atoms with van der Waals surface area (Å²) in [6, 6.07) is 0. The molecule has 0 unspecified atom stereocenters. The molecule has 0 N–H and O–H groups in total. The van der Waals surface area contributed by atoms with Gasteiger partial charge in [-0.1, -0.05) is 78.0 Å². The second kappa shape index (κ2) is 16.8. The average Bonchev–Trinajstić information content (AvgIpc) is 3.47. The lowest BCUT2D eigenvalue weighted by Crippen LogP contribution is -2.52. The number of carbonyl (C=O) groups excluding carboxylic acids is 3. The molecule has 1 heterocycles. The molecule has 5 aliphatic rings. The van der Waals surface area contributed by atoms with Crippen LogP contribution in [0.4, 0.5) is 0 Å². The number of esters is 3. The summed E-state index contributed by atoms with van der Waals surface area (Å²) in [5.41, 5.74) is 4.52. The lowest BCUT2D eigenvalue weighted by atomic mass is 9.46. The Hall–Kier alpha value is -2.71. The van der Waals surface area contributed by atoms with Gasteiger partial charge in [0.1, 0.15) is 12.7 Å². The monoisotopic (exact) mass is 751 g/mol. The Morgan fingerprint density at radius 2 is 1.41 bits per heavy atom. The van der Waals surface area contributed by atoms with Gasteiger partial charge in [-0.25, -0.2) is 0 Å². The van der Waals surface area contributed by atoms with Crippen LogP contribution in [-0.4, -0.2) is 49.8 Å². The second-order valence-electron chi connectivity index (χ2n) is 18.7. The first-order valence-electron chi connectivity index (χ1n) is 20.8. The van der Waals surface area contributed by atoms with Crippen molar-refractivity contribution in [3.8, 4) is 0 Å². The fourth-order valence-electron chi connectivity index (χ4n) is 11.7. The molecule has 8 heteroatoms. The summed E-state index contributed by atoms with van der Waals surface area (Å²) in [6.45, 7) is 27.7. The fraction of sp³-hybridized carbons (Fsp3) is 0.761. The van der Waals surface area contributed by atoms with Gasteiger partial charge in [-0.15, -0.1) is 0 Å². The number of fused-ring (bicyclic) bond motifs is 2. The van der Waals surface area contributed by atoms with E-state index in [1.165, 1.54) is 57.6 Å². The second-order valence-corrected chi connectivity index (χ2v) is 18.7. The molecule has 302 valence electrons. The smallest absolute Gasteiger partial charge is 0.304 e. The van der Waals surface area contributed by atoms with Crippen molar-refractivity contribution < 1.29 is 38.1 Å². The first kappa shape index (κ1) is 42.4. The zero-order chi connectivity index (χ0) is 39.6. The molecule has 5 rings (SSSR count). The maximum atomic E-state index is 12.7. The van der Waals surface area contributed by atoms with Gasteiger partial charge >= 0.3 is 17.9 Å². The molecule has 54 heavy (non-hydrogen) atoms. The molecule has 1 saturated heterocycles. The number of allylic oxidation sites excluding steroid dienone is 3. The Kier molecular flexibility index (Phi) is 13.2. The number of ether oxygens (including phenoxy) is 5. The normalized spacial score (nSPS) is 39.7. The largest absolute Gasteiger partial charge is 0.461 e. The molecule has 0 aromatic carbocycles. The first-order chi connectivity index (χ1) is 25.3. The maximum absolute atomic E-state index is 12.7. The summed E-state index contributed by atoms with van der Waals surface area (Å²) in [5, 5.41) is 0. The van der Waals surface area contributed by atoms with Crippen LogP contribution >= 0.6 is 0 Å². The molecule has 0 bridgehead atoms. The van der Waals surface area contributed by atoms with Crippen molar-refractivity contribution in [2.75, 3.05) is 13.2 Å². The molecule has 1 aliphatic heterocycles. The summed E-state index contributed by atoms with van der Waals surface area (Å²) in [7, 11) is 0. The van der Waals surface area contributed by atoms with E-state index in [0.29, 0.717) is 42.1 Å². The Bertz CT molecular complexity index is 1510. The van der Waals surface area contributed by atoms with E-state index in [1.807, 2.05) is 6.08 Å². The summed E-state index contributed by atoms with van der Waals surface area (Å²) in [6.07, 6.45) is 15.4. The molecule has 0 aromatic rings. The van der Waals surface area contributed by atoms with Gasteiger partial charge in [0.15, 0.2) is 6.29 Å². The van der Waals surface area contributed by atoms with Gasteiger partial charge in [-0.3, -0.25) is 14.4 Å². The summed E-state index contributed by atoms with van der Waals surface area (Å²) < 4.78 is 29.9. The molecule has 11 atom stereocenters. The van der Waals surface area contributed by atoms with Crippen molar-refractivity contribution >= 4 is 17.9 Å². The minimum Gasteiger partial charge on any atom is -0.461 e. The quantitative estimate of drug-likeness (QED) is 0.110. The molecule has 4 aliphatic carbocycles. The zero-order valence-corrected chi connectivity index (χ0v) is 35.0. The van der Waals surface area contributed by atoms with Crippen LogP contribution in [0.3, 0.4) is 0 Å². The van der Waals surface area contributed by atoms with Crippen LogP contribution in [0.1, 0.15) is 146 Å². The Morgan fingerprint density at radius 1 is 0.833 bits per heavy atom. The third kappa shape index (κ3) is 8.65. The highest BCUT2D eigenvalue weighted by Crippen LogP contribution is 2.64. The van der Waals surface area contributed by atoms with Gasteiger partial charge in [0.05, 0.1) is 6.61 Å². The number of hydrogen-bond acceptors (Lipinski definition) is 8. The molecular weight excluding hydrogens is 680 g/mol. The van der Waals surface area contributed by atoms with Gasteiger partial charge in [-0.05, 0) is 128 Å². The van der Waals surface area contributed by atoms with Crippen molar-refractivity contribution in [1.29, 1.82) is 0 Å². The van der Waals surface area contributed by atoms with Crippen LogP contribution in [0.15, 0.2) is 47.6 Å². The Morgan fingerprint density at radius 3 is 1.96 bits per heavy atom. The highest BCUT2D eigenvalue weighted by Gasteiger charge is 2.56. The van der Waals surface area contributed by atoms with E-state index in [1.54, 1.807) is 0 Å². The van der Waals surface area contributed by atoms with Gasteiger partial charge in [-0.2, -0.15) is 0 Å². The van der Waals surface area contributed by atoms with E-state index in [0.717, 1.165) is 50.5 Å². The van der Waals surface area contributed by atoms with E-state index in [2.05, 4.69) is 60.8 Å². The minimum absolute atomic E-state index is 0.0122. The highest BCUT2D eigenvalue weighted by atomic mass is 16.8. The van der Waals surface area contributed by atoms with Crippen molar-refractivity contribution in [2.45, 2.75) is 164 Å². The van der Waals surface area contributed by atoms with Crippen LogP contribution in [0.2, 0.25) is 0 Å². The van der Waals surface area contributed by atoms with Crippen LogP contribution in [0.25, 0.3) is 0 Å². The van der Waals surface area contributed by atoms with E-state index >= 15 is 0 Å². The SMILES string of the molecule is C=C1CCC[C@@H]2[C@@](C)(C/C=C3\C[C@@H](OC(C)=O)O[C@@H]3OC/C=C(\COC(C)=O)[C@@H](C[C@@]3(C)[C@H](C)CC[C@@]4(C)C(=C)CCC[C@H]34)OC(C)=O)[C@H](C)CC[C@@]12C. The lowest BCUT2D eigenvalue weighted by molar-refractivity contribution is -0.200. The lowest BCUT2D eigenvalue weighted by Gasteiger charge is -2.59. The summed E-state index contributed by atoms with van der Waals surface area (Å²) in [4.78, 5) is 36.8. The van der Waals surface area contributed by atoms with E-state index < -0.39 is 30.6 Å². The highest BCUT2D eigenvalue weighted by molar-refractivity contribution is 5.67. The van der Waals surface area contributed by atoms with Gasteiger partial charge in [0.25, 0.3) is 0 Å². The first-order valence-corrected chi connectivity index (χ1v) is 20.8. The number of hydrogen-bond donors (Lipinski definition) is 0. The predicted octanol–water partition coefficient (Wildman–Crippen LogP) is 10.4. The fourth-order valence-corrected chi connectivity index (χ4v) is 11.7. The van der Waals surface area contributed by atoms with E-state index in [-0.39, 0.29) is 40.8 Å². The topological polar surface area (TPSA) is 97.4 Å². The molecule has 5 fully saturated rings. The third-order valence-electron chi connectivity index (χ3n) is 15.6. The van der Waals surface area contributed by atoms with Gasteiger partial charge < -0.3 is 23.7 Å². The maximum Gasteiger partial charge on any atom is 0.304 e. The average molecular weight is 751 g/mol. The molecule has 4 saturated carbocycles. The molecule has 8 nitrogen and oxygen atoms in total. The molecule has 0 radical (unpaired) electrons. The van der Waals surface area contributed by atoms with Gasteiger partial charge in [0.2, 0.25) is 6.29 Å². The van der Waals surface area contributed by atoms with Crippen molar-refractivity contribution in [3.05, 3.63) is 47.6 Å². The van der Waals surface area contributed by atoms with Gasteiger partial charge in [0, 0.05) is 32.8 Å². The Balaban J connectivity index is 1.40. The number of carbonyl (C=O) groups is 3. The Labute approximate surface area is 325 Å². The summed E-state index contributed by atoms with van der Waals surface area (Å²) >= 11 is 0. The van der Waals surface area contributed by atoms with Crippen LogP contribution in [0, 0.1) is 45.3 Å². The van der Waals surface area contributed by atoms with Crippen molar-refractivity contribution in [2.24, 2.45) is 45.3 Å². The zero-order valence-electron chi connectivity index (χ0n) is 35.0. The number of rotatable bonds is 12. The predicted molar refractivity (Wildman–Crippen MR) is 211 cm³/mol. The third-order valence-corrected chi connectivity index (χ3v) is 15.6. The van der Waals surface area contributed by atoms with Crippen LogP contribution < -0.4 is 0 Å². The minimum atomic E-state index is -0.736. The standard InChI is InChI=1S/C46H70O8/c1-29-14-12-16-39-43(29,8)22-18-31(3)45(39,10)24-20-36-26-41(53-35(7)49)54-42(36)50-25-21-37(28-51-33(5)47)38(52-34(6)48)27-46(11)32(4)19-23-44(9)30(2)15-13-17-40(44)46/h20-21,31-32,38-42H,1-2,12-19,22-28H2,3-11H3/b36-20+,37-21+/t31-,32-,38-,39+,40+,41+,42+,43+,44+,45+,46+/m1/s1. The van der Waals surface area contributed by atoms with E-state index in [4.69, 9.17) is 23.7 Å². The summed E-state index contributed by atoms with van der Waals surface area (Å²) in [5.74, 6) is 0.702. The van der Waals surface area contributed by atoms with Crippen molar-refractivity contribution in [1.82, 2.24) is 0 Å². The molecule has 0 aromatic heterocycles. The molecule has 0 spiro atoms.